The largest absolute Gasteiger partial charge is 0.302 e. The number of rotatable bonds is 6. The monoisotopic (exact) mass is 556 g/mol. The zero-order chi connectivity index (χ0) is 20.6. The maximum Gasteiger partial charge on any atom is 0.302 e. The van der Waals surface area contributed by atoms with Gasteiger partial charge in [-0.15, -0.1) is 0 Å². The van der Waals surface area contributed by atoms with Gasteiger partial charge in [-0.3, -0.25) is 0 Å². The normalized spacial score (nSPS) is 12.4. The summed E-state index contributed by atoms with van der Waals surface area (Å²) in [5.74, 6) is -5.02. The zero-order valence-electron chi connectivity index (χ0n) is 12.6. The van der Waals surface area contributed by atoms with E-state index >= 15 is 0 Å². The van der Waals surface area contributed by atoms with Crippen LogP contribution in [0.5, 0.6) is 0 Å². The Morgan fingerprint density at radius 2 is 1.00 bits per heavy atom. The van der Waals surface area contributed by atoms with Gasteiger partial charge in [-0.25, -0.2) is 25.9 Å². The molecule has 0 aliphatic carbocycles. The molecule has 2 rings (SSSR count). The first kappa shape index (κ1) is 22.2. The second-order valence-electron chi connectivity index (χ2n) is 4.66. The third-order valence-corrected chi connectivity index (χ3v) is 6.63. The number of hydrogen-bond donors (Lipinski definition) is 0. The van der Waals surface area contributed by atoms with Gasteiger partial charge in [-0.1, -0.05) is 0 Å². The Bertz CT molecular complexity index is 1020. The highest BCUT2D eigenvalue weighted by Crippen LogP contribution is 2.26. The van der Waals surface area contributed by atoms with Crippen LogP contribution in [0.2, 0.25) is 0 Å². The second kappa shape index (κ2) is 8.13. The lowest BCUT2D eigenvalue weighted by molar-refractivity contribution is 0.131. The van der Waals surface area contributed by atoms with Gasteiger partial charge in [-0.2, -0.15) is 16.8 Å². The predicted octanol–water partition coefficient (Wildman–Crippen LogP) is 3.84. The fourth-order valence-corrected chi connectivity index (χ4v) is 4.05. The molecule has 0 spiro atoms. The SMILES string of the molecule is O=S(=O)(OCOS(=O)(=O)c1cc(F)c(Br)cc1F)c1cc(F)c(Br)cc1F. The molecule has 0 aliphatic heterocycles. The summed E-state index contributed by atoms with van der Waals surface area (Å²) in [6, 6.07) is 1.63. The van der Waals surface area contributed by atoms with Gasteiger partial charge in [0.2, 0.25) is 0 Å². The fraction of sp³-hybridized carbons (Fsp3) is 0.0769. The van der Waals surface area contributed by atoms with E-state index in [1.807, 2.05) is 0 Å². The first-order chi connectivity index (χ1) is 12.3. The summed E-state index contributed by atoms with van der Waals surface area (Å²) in [5, 5.41) is 0. The van der Waals surface area contributed by atoms with Gasteiger partial charge in [0.25, 0.3) is 0 Å². The van der Waals surface area contributed by atoms with E-state index in [4.69, 9.17) is 0 Å². The average molecular weight is 558 g/mol. The van der Waals surface area contributed by atoms with Crippen LogP contribution in [-0.2, 0) is 28.6 Å². The van der Waals surface area contributed by atoms with Crippen molar-refractivity contribution < 1.29 is 42.8 Å². The minimum atomic E-state index is -4.96. The third kappa shape index (κ3) is 5.06. The van der Waals surface area contributed by atoms with Crippen molar-refractivity contribution >= 4 is 52.1 Å². The van der Waals surface area contributed by atoms with Crippen molar-refractivity contribution in [1.82, 2.24) is 0 Å². The van der Waals surface area contributed by atoms with Crippen LogP contribution < -0.4 is 0 Å². The van der Waals surface area contributed by atoms with Crippen LogP contribution in [-0.4, -0.2) is 23.6 Å². The standard InChI is InChI=1S/C13H6Br2F4O6S2/c14-6-1-10(18)12(3-8(6)16)26(20,21)24-5-25-27(22,23)13-4-9(17)7(15)2-11(13)19/h1-4H,5H2. The first-order valence-electron chi connectivity index (χ1n) is 6.43. The van der Waals surface area contributed by atoms with Crippen LogP contribution in [0.4, 0.5) is 17.6 Å². The van der Waals surface area contributed by atoms with Crippen molar-refractivity contribution in [2.75, 3.05) is 6.79 Å². The van der Waals surface area contributed by atoms with Gasteiger partial charge in [0.15, 0.2) is 6.79 Å². The van der Waals surface area contributed by atoms with E-state index < -0.39 is 60.1 Å². The third-order valence-electron chi connectivity index (χ3n) is 2.89. The van der Waals surface area contributed by atoms with E-state index in [9.17, 15) is 34.4 Å². The lowest BCUT2D eigenvalue weighted by atomic mass is 10.3. The van der Waals surface area contributed by atoms with Crippen molar-refractivity contribution in [1.29, 1.82) is 0 Å². The number of halogens is 6. The minimum absolute atomic E-state index is 0.299. The summed E-state index contributed by atoms with van der Waals surface area (Å²) >= 11 is 5.29. The molecule has 0 saturated heterocycles. The summed E-state index contributed by atoms with van der Waals surface area (Å²) in [5.41, 5.74) is 0. The number of benzene rings is 2. The molecule has 0 radical (unpaired) electrons. The van der Waals surface area contributed by atoms with Crippen LogP contribution in [0.25, 0.3) is 0 Å². The Morgan fingerprint density at radius 1 is 0.667 bits per heavy atom. The summed E-state index contributed by atoms with van der Waals surface area (Å²) in [6.07, 6.45) is 0. The Morgan fingerprint density at radius 3 is 1.33 bits per heavy atom. The minimum Gasteiger partial charge on any atom is -0.236 e. The van der Waals surface area contributed by atoms with Crippen LogP contribution in [0.3, 0.4) is 0 Å². The van der Waals surface area contributed by atoms with Crippen molar-refractivity contribution in [3.8, 4) is 0 Å². The highest BCUT2D eigenvalue weighted by Gasteiger charge is 2.26. The first-order valence-corrected chi connectivity index (χ1v) is 10.8. The Labute approximate surface area is 167 Å². The molecule has 0 atom stereocenters. The molecule has 6 nitrogen and oxygen atoms in total. The summed E-state index contributed by atoms with van der Waals surface area (Å²) in [7, 11) is -9.92. The van der Waals surface area contributed by atoms with Crippen molar-refractivity contribution in [3.63, 3.8) is 0 Å². The lowest BCUT2D eigenvalue weighted by Gasteiger charge is -2.09. The molecule has 0 aromatic heterocycles. The molecule has 0 amide bonds. The molecule has 0 N–H and O–H groups in total. The van der Waals surface area contributed by atoms with E-state index in [1.54, 1.807) is 0 Å². The van der Waals surface area contributed by atoms with E-state index in [0.29, 0.717) is 24.3 Å². The molecule has 0 unspecified atom stereocenters. The molecule has 2 aromatic rings. The van der Waals surface area contributed by atoms with Crippen LogP contribution in [0.15, 0.2) is 43.0 Å². The molecule has 0 bridgehead atoms. The van der Waals surface area contributed by atoms with Crippen LogP contribution in [0, 0.1) is 23.3 Å². The Kier molecular flexibility index (Phi) is 6.69. The second-order valence-corrected chi connectivity index (χ2v) is 9.53. The Hall–Kier alpha value is -1.06. The van der Waals surface area contributed by atoms with E-state index in [0.717, 1.165) is 0 Å². The van der Waals surface area contributed by atoms with Crippen LogP contribution >= 0.6 is 31.9 Å². The topological polar surface area (TPSA) is 86.7 Å². The molecule has 2 aromatic carbocycles. The summed E-state index contributed by atoms with van der Waals surface area (Å²) in [4.78, 5) is -2.44. The fourth-order valence-electron chi connectivity index (χ4n) is 1.67. The molecular formula is C13H6Br2F4O6S2. The van der Waals surface area contributed by atoms with Crippen LogP contribution in [0.1, 0.15) is 0 Å². The highest BCUT2D eigenvalue weighted by atomic mass is 79.9. The summed E-state index contributed by atoms with van der Waals surface area (Å²) in [6.45, 7) is -1.53. The molecule has 148 valence electrons. The van der Waals surface area contributed by atoms with Gasteiger partial charge in [0.1, 0.15) is 33.1 Å². The van der Waals surface area contributed by atoms with Gasteiger partial charge in [0.05, 0.1) is 8.95 Å². The molecule has 0 fully saturated rings. The maximum absolute atomic E-state index is 13.7. The molecule has 0 heterocycles. The number of hydrogen-bond acceptors (Lipinski definition) is 6. The summed E-state index contributed by atoms with van der Waals surface area (Å²) < 4.78 is 109. The Balaban J connectivity index is 2.20. The quantitative estimate of drug-likeness (QED) is 0.232. The zero-order valence-corrected chi connectivity index (χ0v) is 17.4. The maximum atomic E-state index is 13.7. The molecule has 27 heavy (non-hydrogen) atoms. The van der Waals surface area contributed by atoms with Crippen molar-refractivity contribution in [2.24, 2.45) is 0 Å². The van der Waals surface area contributed by atoms with E-state index in [2.05, 4.69) is 40.2 Å². The van der Waals surface area contributed by atoms with E-state index in [-0.39, 0.29) is 8.95 Å². The smallest absolute Gasteiger partial charge is 0.236 e. The average Bonchev–Trinajstić information content (AvgIpc) is 2.53. The van der Waals surface area contributed by atoms with E-state index in [1.165, 1.54) is 0 Å². The molecule has 14 heteroatoms. The lowest BCUT2D eigenvalue weighted by Crippen LogP contribution is -2.16. The molecular weight excluding hydrogens is 552 g/mol. The molecule has 0 saturated carbocycles. The predicted molar refractivity (Wildman–Crippen MR) is 89.5 cm³/mol. The highest BCUT2D eigenvalue weighted by molar-refractivity contribution is 9.10. The van der Waals surface area contributed by atoms with Crippen molar-refractivity contribution in [2.45, 2.75) is 9.79 Å². The van der Waals surface area contributed by atoms with Crippen molar-refractivity contribution in [3.05, 3.63) is 56.5 Å². The van der Waals surface area contributed by atoms with Gasteiger partial charge < -0.3 is 0 Å². The van der Waals surface area contributed by atoms with Gasteiger partial charge >= 0.3 is 20.2 Å². The van der Waals surface area contributed by atoms with Gasteiger partial charge in [-0.05, 0) is 56.1 Å². The van der Waals surface area contributed by atoms with Gasteiger partial charge in [0, 0.05) is 0 Å². The molecule has 0 aliphatic rings.